The number of aliphatic carboxylic acids is 1. The fraction of sp³-hybridized carbons (Fsp3) is 0.188. The summed E-state index contributed by atoms with van der Waals surface area (Å²) < 4.78 is 0. The van der Waals surface area contributed by atoms with Gasteiger partial charge in [-0.1, -0.05) is 30.3 Å². The Kier molecular flexibility index (Phi) is 5.14. The summed E-state index contributed by atoms with van der Waals surface area (Å²) in [5.74, 6) is -2.31. The van der Waals surface area contributed by atoms with E-state index in [4.69, 9.17) is 5.11 Å². The summed E-state index contributed by atoms with van der Waals surface area (Å²) in [7, 11) is 0. The van der Waals surface area contributed by atoms with Crippen molar-refractivity contribution in [2.75, 3.05) is 5.43 Å². The van der Waals surface area contributed by atoms with E-state index in [0.717, 1.165) is 10.8 Å². The topological polar surface area (TPSA) is 108 Å². The maximum Gasteiger partial charge on any atom is 0.326 e. The Labute approximate surface area is 132 Å². The molecule has 0 fully saturated rings. The second-order valence-corrected chi connectivity index (χ2v) is 5.03. The van der Waals surface area contributed by atoms with Crippen molar-refractivity contribution >= 4 is 34.2 Å². The first-order chi connectivity index (χ1) is 11.0. The Morgan fingerprint density at radius 1 is 1.09 bits per heavy atom. The lowest BCUT2D eigenvalue weighted by Crippen LogP contribution is -2.44. The molecule has 4 N–H and O–H groups in total. The molecular formula is C16H17N3O4. The number of amides is 2. The van der Waals surface area contributed by atoms with E-state index in [2.05, 4.69) is 16.2 Å². The number of nitrogens with one attached hydrogen (secondary N) is 3. The molecule has 0 saturated heterocycles. The number of hydrogen-bond donors (Lipinski definition) is 4. The molecule has 2 rings (SSSR count). The zero-order valence-electron chi connectivity index (χ0n) is 12.5. The van der Waals surface area contributed by atoms with Gasteiger partial charge in [0.1, 0.15) is 6.04 Å². The molecule has 0 aliphatic carbocycles. The molecular weight excluding hydrogens is 298 g/mol. The van der Waals surface area contributed by atoms with Gasteiger partial charge >= 0.3 is 5.97 Å². The highest BCUT2D eigenvalue weighted by molar-refractivity contribution is 5.89. The predicted molar refractivity (Wildman–Crippen MR) is 85.6 cm³/mol. The zero-order valence-corrected chi connectivity index (χ0v) is 12.5. The van der Waals surface area contributed by atoms with E-state index in [1.54, 1.807) is 6.07 Å². The molecule has 0 spiro atoms. The number of rotatable bonds is 6. The van der Waals surface area contributed by atoms with E-state index < -0.39 is 23.8 Å². The number of carboxylic acids is 1. The summed E-state index contributed by atoms with van der Waals surface area (Å²) in [5, 5.41) is 13.2. The number of hydrazine groups is 1. The van der Waals surface area contributed by atoms with Gasteiger partial charge in [0.05, 0.1) is 12.1 Å². The van der Waals surface area contributed by atoms with Gasteiger partial charge in [0, 0.05) is 6.92 Å². The minimum Gasteiger partial charge on any atom is -0.480 e. The highest BCUT2D eigenvalue weighted by Crippen LogP contribution is 2.18. The molecule has 2 aromatic carbocycles. The first-order valence-corrected chi connectivity index (χ1v) is 6.99. The number of hydrogen-bond acceptors (Lipinski definition) is 4. The van der Waals surface area contributed by atoms with Crippen molar-refractivity contribution < 1.29 is 19.5 Å². The third-order valence-electron chi connectivity index (χ3n) is 3.16. The lowest BCUT2D eigenvalue weighted by Gasteiger charge is -2.14. The number of benzene rings is 2. The molecule has 0 aromatic heterocycles. The number of fused-ring (bicyclic) bond motifs is 1. The van der Waals surface area contributed by atoms with Crippen LogP contribution in [0.25, 0.3) is 10.8 Å². The van der Waals surface area contributed by atoms with Crippen LogP contribution in [0.2, 0.25) is 0 Å². The Morgan fingerprint density at radius 2 is 1.78 bits per heavy atom. The standard InChI is InChI=1S/C16H17N3O4/c1-10(20)17-14(16(22)23)9-15(21)19-18-13-7-6-11-4-2-3-5-12(11)8-13/h2-8,14,18H,9H2,1H3,(H,17,20)(H,19,21)(H,22,23)/t14-/m0/s1. The molecule has 2 aromatic rings. The van der Waals surface area contributed by atoms with Gasteiger partial charge < -0.3 is 10.4 Å². The van der Waals surface area contributed by atoms with Gasteiger partial charge in [-0.3, -0.25) is 20.4 Å². The van der Waals surface area contributed by atoms with Crippen LogP contribution in [0.15, 0.2) is 42.5 Å². The average molecular weight is 315 g/mol. The van der Waals surface area contributed by atoms with Gasteiger partial charge in [-0.2, -0.15) is 0 Å². The van der Waals surface area contributed by atoms with Gasteiger partial charge in [0.25, 0.3) is 0 Å². The molecule has 0 aliphatic rings. The van der Waals surface area contributed by atoms with Crippen LogP contribution >= 0.6 is 0 Å². The Hall–Kier alpha value is -3.09. The van der Waals surface area contributed by atoms with Gasteiger partial charge in [0.15, 0.2) is 0 Å². The molecule has 0 aliphatic heterocycles. The summed E-state index contributed by atoms with van der Waals surface area (Å²) in [4.78, 5) is 33.7. The fourth-order valence-corrected chi connectivity index (χ4v) is 2.09. The van der Waals surface area contributed by atoms with Crippen LogP contribution in [0.3, 0.4) is 0 Å². The van der Waals surface area contributed by atoms with Crippen molar-refractivity contribution in [3.63, 3.8) is 0 Å². The first kappa shape index (κ1) is 16.3. The van der Waals surface area contributed by atoms with Crippen LogP contribution in [0.1, 0.15) is 13.3 Å². The van der Waals surface area contributed by atoms with E-state index in [1.165, 1.54) is 6.92 Å². The van der Waals surface area contributed by atoms with Crippen LogP contribution < -0.4 is 16.2 Å². The molecule has 7 heteroatoms. The zero-order chi connectivity index (χ0) is 16.8. The summed E-state index contributed by atoms with van der Waals surface area (Å²) in [6.45, 7) is 1.20. The van der Waals surface area contributed by atoms with E-state index in [9.17, 15) is 14.4 Å². The third kappa shape index (κ3) is 4.70. The van der Waals surface area contributed by atoms with Crippen LogP contribution in [-0.4, -0.2) is 28.9 Å². The quantitative estimate of drug-likeness (QED) is 0.600. The van der Waals surface area contributed by atoms with Crippen LogP contribution in [0, 0.1) is 0 Å². The average Bonchev–Trinajstić information content (AvgIpc) is 2.51. The number of carbonyl (C=O) groups excluding carboxylic acids is 2. The van der Waals surface area contributed by atoms with Crippen LogP contribution in [0.5, 0.6) is 0 Å². The molecule has 0 bridgehead atoms. The minimum atomic E-state index is -1.26. The Bertz CT molecular complexity index is 745. The van der Waals surface area contributed by atoms with Crippen molar-refractivity contribution in [3.8, 4) is 0 Å². The smallest absolute Gasteiger partial charge is 0.326 e. The Morgan fingerprint density at radius 3 is 2.43 bits per heavy atom. The van der Waals surface area contributed by atoms with E-state index >= 15 is 0 Å². The van der Waals surface area contributed by atoms with Gasteiger partial charge in [-0.05, 0) is 22.9 Å². The minimum absolute atomic E-state index is 0.366. The van der Waals surface area contributed by atoms with E-state index in [-0.39, 0.29) is 6.42 Å². The highest BCUT2D eigenvalue weighted by atomic mass is 16.4. The van der Waals surface area contributed by atoms with Gasteiger partial charge in [-0.25, -0.2) is 4.79 Å². The van der Waals surface area contributed by atoms with Gasteiger partial charge in [-0.15, -0.1) is 0 Å². The molecule has 0 unspecified atom stereocenters. The maximum absolute atomic E-state index is 11.8. The van der Waals surface area contributed by atoms with Gasteiger partial charge in [0.2, 0.25) is 11.8 Å². The summed E-state index contributed by atoms with van der Waals surface area (Å²) in [6.07, 6.45) is -0.366. The molecule has 1 atom stereocenters. The fourth-order valence-electron chi connectivity index (χ4n) is 2.09. The lowest BCUT2D eigenvalue weighted by molar-refractivity contribution is -0.143. The summed E-state index contributed by atoms with van der Waals surface area (Å²) in [5.41, 5.74) is 5.82. The normalized spacial score (nSPS) is 11.5. The molecule has 0 saturated carbocycles. The van der Waals surface area contributed by atoms with E-state index in [0.29, 0.717) is 5.69 Å². The number of carboxylic acid groups (broad SMARTS) is 1. The highest BCUT2D eigenvalue weighted by Gasteiger charge is 2.21. The first-order valence-electron chi connectivity index (χ1n) is 6.99. The molecule has 7 nitrogen and oxygen atoms in total. The summed E-state index contributed by atoms with van der Waals surface area (Å²) >= 11 is 0. The van der Waals surface area contributed by atoms with Crippen molar-refractivity contribution in [2.24, 2.45) is 0 Å². The SMILES string of the molecule is CC(=O)N[C@@H](CC(=O)NNc1ccc2ccccc2c1)C(=O)O. The van der Waals surface area contributed by atoms with Crippen molar-refractivity contribution in [1.82, 2.24) is 10.7 Å². The number of anilines is 1. The monoisotopic (exact) mass is 315 g/mol. The van der Waals surface area contributed by atoms with Crippen molar-refractivity contribution in [2.45, 2.75) is 19.4 Å². The Balaban J connectivity index is 1.94. The number of carbonyl (C=O) groups is 3. The maximum atomic E-state index is 11.8. The second-order valence-electron chi connectivity index (χ2n) is 5.03. The molecule has 120 valence electrons. The molecule has 2 amide bonds. The van der Waals surface area contributed by atoms with Crippen molar-refractivity contribution in [3.05, 3.63) is 42.5 Å². The lowest BCUT2D eigenvalue weighted by atomic mass is 10.1. The van der Waals surface area contributed by atoms with Crippen LogP contribution in [0.4, 0.5) is 5.69 Å². The van der Waals surface area contributed by atoms with E-state index in [1.807, 2.05) is 36.4 Å². The summed E-state index contributed by atoms with van der Waals surface area (Å²) in [6, 6.07) is 12.1. The molecule has 0 heterocycles. The predicted octanol–water partition coefficient (Wildman–Crippen LogP) is 1.26. The van der Waals surface area contributed by atoms with Crippen LogP contribution in [-0.2, 0) is 14.4 Å². The molecule has 0 radical (unpaired) electrons. The largest absolute Gasteiger partial charge is 0.480 e. The third-order valence-corrected chi connectivity index (χ3v) is 3.16. The molecule has 23 heavy (non-hydrogen) atoms. The van der Waals surface area contributed by atoms with Crippen molar-refractivity contribution in [1.29, 1.82) is 0 Å². The second kappa shape index (κ2) is 7.26.